The van der Waals surface area contributed by atoms with E-state index < -0.39 is 0 Å². The van der Waals surface area contributed by atoms with Crippen LogP contribution in [-0.2, 0) is 5.41 Å². The van der Waals surface area contributed by atoms with Gasteiger partial charge in [-0.3, -0.25) is 0 Å². The van der Waals surface area contributed by atoms with E-state index in [4.69, 9.17) is 9.97 Å². The summed E-state index contributed by atoms with van der Waals surface area (Å²) in [5.74, 6) is 0.699. The van der Waals surface area contributed by atoms with Gasteiger partial charge in [0.25, 0.3) is 0 Å². The first-order chi connectivity index (χ1) is 24.5. The molecule has 0 saturated heterocycles. The molecule has 4 heteroatoms. The molecular weight excluding hydrogens is 627 g/mol. The molecular formula is C46H31N3S. The van der Waals surface area contributed by atoms with Crippen molar-refractivity contribution in [3.63, 3.8) is 0 Å². The van der Waals surface area contributed by atoms with Crippen molar-refractivity contribution >= 4 is 33.4 Å². The van der Waals surface area contributed by atoms with Crippen LogP contribution in [0.5, 0.6) is 0 Å². The molecule has 0 fully saturated rings. The van der Waals surface area contributed by atoms with E-state index in [0.717, 1.165) is 54.9 Å². The second-order valence-electron chi connectivity index (χ2n) is 13.3. The summed E-state index contributed by atoms with van der Waals surface area (Å²) in [4.78, 5) is 12.6. The fourth-order valence-electron chi connectivity index (χ4n) is 7.54. The summed E-state index contributed by atoms with van der Waals surface area (Å²) >= 11 is 1.75. The van der Waals surface area contributed by atoms with E-state index >= 15 is 0 Å². The molecule has 0 spiro atoms. The predicted octanol–water partition coefficient (Wildman–Crippen LogP) is 12.1. The molecule has 0 bridgehead atoms. The van der Waals surface area contributed by atoms with E-state index in [-0.39, 0.29) is 5.41 Å². The Balaban J connectivity index is 1.13. The van der Waals surface area contributed by atoms with Gasteiger partial charge in [0.05, 0.1) is 22.8 Å². The van der Waals surface area contributed by atoms with Gasteiger partial charge in [0.1, 0.15) is 0 Å². The number of aromatic nitrogens is 2. The summed E-state index contributed by atoms with van der Waals surface area (Å²) in [5, 5.41) is 13.5. The minimum Gasteiger partial charge on any atom is -0.228 e. The second-order valence-corrected chi connectivity index (χ2v) is 14.4. The Morgan fingerprint density at radius 2 is 1.22 bits per heavy atom. The highest BCUT2D eigenvalue weighted by Gasteiger charge is 2.37. The molecule has 9 rings (SSSR count). The first kappa shape index (κ1) is 30.1. The van der Waals surface area contributed by atoms with Crippen molar-refractivity contribution in [1.29, 1.82) is 5.26 Å². The summed E-state index contributed by atoms with van der Waals surface area (Å²) in [5.41, 5.74) is 11.2. The van der Waals surface area contributed by atoms with Gasteiger partial charge in [-0.15, -0.1) is 0 Å². The summed E-state index contributed by atoms with van der Waals surface area (Å²) < 4.78 is 0. The standard InChI is InChI=1S/C46H31N3S/c1-46(2)42-36(28-47)14-8-18-40(42)50-41-19-9-16-37(43(41)46)34-12-7-13-35(27-34)44-38-15-5-6-17-39(38)48-45(49-44)31-23-20-30(21-24-31)33-25-22-29-10-3-4-11-32(29)26-33/h3-27H,1-2H3. The molecule has 7 aromatic carbocycles. The lowest BCUT2D eigenvalue weighted by atomic mass is 9.73. The van der Waals surface area contributed by atoms with Gasteiger partial charge in [-0.25, -0.2) is 9.97 Å². The van der Waals surface area contributed by atoms with Crippen molar-refractivity contribution in [2.24, 2.45) is 0 Å². The smallest absolute Gasteiger partial charge is 0.160 e. The molecule has 0 radical (unpaired) electrons. The van der Waals surface area contributed by atoms with E-state index in [1.807, 2.05) is 18.2 Å². The van der Waals surface area contributed by atoms with Crippen LogP contribution in [-0.4, -0.2) is 9.97 Å². The lowest BCUT2D eigenvalue weighted by Crippen LogP contribution is -2.26. The minimum absolute atomic E-state index is 0.358. The summed E-state index contributed by atoms with van der Waals surface area (Å²) in [6, 6.07) is 55.6. The van der Waals surface area contributed by atoms with Crippen LogP contribution >= 0.6 is 11.8 Å². The molecule has 3 nitrogen and oxygen atoms in total. The Labute approximate surface area is 295 Å². The zero-order valence-electron chi connectivity index (χ0n) is 27.7. The van der Waals surface area contributed by atoms with Crippen LogP contribution in [0.4, 0.5) is 0 Å². The number of nitriles is 1. The van der Waals surface area contributed by atoms with Gasteiger partial charge in [0.2, 0.25) is 0 Å². The SMILES string of the molecule is CC1(C)c2c(C#N)cccc2Sc2cccc(-c3cccc(-c4nc(-c5ccc(-c6ccc7ccccc7c6)cc5)nc5ccccc45)c3)c21. The largest absolute Gasteiger partial charge is 0.228 e. The molecule has 0 atom stereocenters. The van der Waals surface area contributed by atoms with Gasteiger partial charge in [0, 0.05) is 31.7 Å². The van der Waals surface area contributed by atoms with Crippen molar-refractivity contribution in [3.8, 4) is 51.0 Å². The van der Waals surface area contributed by atoms with Crippen LogP contribution in [0.3, 0.4) is 0 Å². The van der Waals surface area contributed by atoms with E-state index in [0.29, 0.717) is 5.82 Å². The first-order valence-corrected chi connectivity index (χ1v) is 17.6. The number of hydrogen-bond acceptors (Lipinski definition) is 4. The van der Waals surface area contributed by atoms with Crippen molar-refractivity contribution in [1.82, 2.24) is 9.97 Å². The fourth-order valence-corrected chi connectivity index (χ4v) is 9.00. The van der Waals surface area contributed by atoms with Crippen LogP contribution in [0.15, 0.2) is 161 Å². The third-order valence-corrected chi connectivity index (χ3v) is 11.0. The average molecular weight is 658 g/mol. The zero-order valence-corrected chi connectivity index (χ0v) is 28.5. The molecule has 0 amide bonds. The predicted molar refractivity (Wildman–Crippen MR) is 206 cm³/mol. The maximum Gasteiger partial charge on any atom is 0.160 e. The molecule has 0 saturated carbocycles. The van der Waals surface area contributed by atoms with Crippen molar-refractivity contribution in [2.45, 2.75) is 29.1 Å². The minimum atomic E-state index is -0.358. The van der Waals surface area contributed by atoms with Gasteiger partial charge in [-0.2, -0.15) is 5.26 Å². The third-order valence-electron chi connectivity index (χ3n) is 9.92. The molecule has 8 aromatic rings. The number of fused-ring (bicyclic) bond motifs is 4. The Kier molecular flexibility index (Phi) is 7.12. The highest BCUT2D eigenvalue weighted by molar-refractivity contribution is 7.99. The number of nitrogens with zero attached hydrogens (tertiary/aromatic N) is 3. The van der Waals surface area contributed by atoms with E-state index in [2.05, 4.69) is 153 Å². The van der Waals surface area contributed by atoms with Crippen LogP contribution < -0.4 is 0 Å². The maximum atomic E-state index is 10.0. The molecule has 0 N–H and O–H groups in total. The molecule has 2 heterocycles. The first-order valence-electron chi connectivity index (χ1n) is 16.8. The average Bonchev–Trinajstić information content (AvgIpc) is 3.17. The van der Waals surface area contributed by atoms with Crippen LogP contribution in [0.2, 0.25) is 0 Å². The Morgan fingerprint density at radius 3 is 2.06 bits per heavy atom. The van der Waals surface area contributed by atoms with Crippen LogP contribution in [0.25, 0.3) is 66.6 Å². The van der Waals surface area contributed by atoms with Crippen molar-refractivity contribution in [3.05, 3.63) is 168 Å². The number of para-hydroxylation sites is 1. The third kappa shape index (κ3) is 4.98. The Morgan fingerprint density at radius 1 is 0.540 bits per heavy atom. The Hall–Kier alpha value is -6.02. The summed E-state index contributed by atoms with van der Waals surface area (Å²) in [6.07, 6.45) is 0. The van der Waals surface area contributed by atoms with Crippen LogP contribution in [0.1, 0.15) is 30.5 Å². The van der Waals surface area contributed by atoms with Crippen molar-refractivity contribution < 1.29 is 0 Å². The topological polar surface area (TPSA) is 49.6 Å². The molecule has 50 heavy (non-hydrogen) atoms. The lowest BCUT2D eigenvalue weighted by molar-refractivity contribution is 0.607. The van der Waals surface area contributed by atoms with E-state index in [1.54, 1.807) is 11.8 Å². The fraction of sp³-hybridized carbons (Fsp3) is 0.0652. The molecule has 236 valence electrons. The maximum absolute atomic E-state index is 10.0. The molecule has 0 aliphatic carbocycles. The van der Waals surface area contributed by atoms with E-state index in [1.165, 1.54) is 32.4 Å². The van der Waals surface area contributed by atoms with Crippen molar-refractivity contribution in [2.75, 3.05) is 0 Å². The zero-order chi connectivity index (χ0) is 33.8. The molecule has 1 aromatic heterocycles. The van der Waals surface area contributed by atoms with Gasteiger partial charge in [0.15, 0.2) is 5.82 Å². The number of benzene rings is 7. The van der Waals surface area contributed by atoms with Gasteiger partial charge in [-0.1, -0.05) is 141 Å². The second kappa shape index (κ2) is 11.8. The summed E-state index contributed by atoms with van der Waals surface area (Å²) in [6.45, 7) is 4.49. The number of hydrogen-bond donors (Lipinski definition) is 0. The molecule has 1 aliphatic rings. The Bertz CT molecular complexity index is 2670. The monoisotopic (exact) mass is 657 g/mol. The quantitative estimate of drug-likeness (QED) is 0.189. The van der Waals surface area contributed by atoms with Gasteiger partial charge >= 0.3 is 0 Å². The van der Waals surface area contributed by atoms with E-state index in [9.17, 15) is 5.26 Å². The van der Waals surface area contributed by atoms with Gasteiger partial charge < -0.3 is 0 Å². The highest BCUT2D eigenvalue weighted by Crippen LogP contribution is 2.53. The number of rotatable bonds is 4. The van der Waals surface area contributed by atoms with Gasteiger partial charge in [-0.05, 0) is 80.6 Å². The van der Waals surface area contributed by atoms with Crippen LogP contribution in [0, 0.1) is 11.3 Å². The molecule has 1 aliphatic heterocycles. The highest BCUT2D eigenvalue weighted by atomic mass is 32.2. The molecule has 0 unspecified atom stereocenters. The lowest BCUT2D eigenvalue weighted by Gasteiger charge is -2.37. The summed E-state index contributed by atoms with van der Waals surface area (Å²) in [7, 11) is 0. The normalized spacial score (nSPS) is 13.1.